The maximum atomic E-state index is 14.0. The zero-order valence-corrected chi connectivity index (χ0v) is 20.6. The fourth-order valence-electron chi connectivity index (χ4n) is 4.17. The number of hydrogen-bond acceptors (Lipinski definition) is 9. The van der Waals surface area contributed by atoms with Crippen molar-refractivity contribution in [1.29, 1.82) is 5.26 Å². The minimum atomic E-state index is -0.659. The molecule has 2 aromatic heterocycles. The van der Waals surface area contributed by atoms with Crippen molar-refractivity contribution in [2.24, 2.45) is 11.7 Å². The third-order valence-corrected chi connectivity index (χ3v) is 6.69. The Morgan fingerprint density at radius 3 is 2.54 bits per heavy atom. The normalized spacial score (nSPS) is 13.8. The molecule has 7 N–H and O–H groups in total. The smallest absolute Gasteiger partial charge is 0.267 e. The summed E-state index contributed by atoms with van der Waals surface area (Å²) in [6, 6.07) is 10.7. The lowest BCUT2D eigenvalue weighted by Crippen LogP contribution is -2.30. The van der Waals surface area contributed by atoms with Crippen LogP contribution in [-0.2, 0) is 0 Å². The van der Waals surface area contributed by atoms with E-state index in [-0.39, 0.29) is 61.4 Å². The zero-order chi connectivity index (χ0) is 26.4. The van der Waals surface area contributed by atoms with Gasteiger partial charge in [-0.05, 0) is 49.1 Å². The average Bonchev–Trinajstić information content (AvgIpc) is 3.69. The van der Waals surface area contributed by atoms with Gasteiger partial charge in [-0.3, -0.25) is 14.2 Å². The van der Waals surface area contributed by atoms with Crippen molar-refractivity contribution in [3.63, 3.8) is 0 Å². The maximum absolute atomic E-state index is 14.0. The molecule has 186 valence electrons. The van der Waals surface area contributed by atoms with Crippen LogP contribution in [0.3, 0.4) is 0 Å². The molecule has 0 spiro atoms. The Hall–Kier alpha value is -4.40. The number of nitrogens with two attached hydrogens (primary N) is 3. The van der Waals surface area contributed by atoms with Crippen molar-refractivity contribution in [3.05, 3.63) is 73.7 Å². The van der Waals surface area contributed by atoms with Gasteiger partial charge in [0.1, 0.15) is 23.3 Å². The predicted molar refractivity (Wildman–Crippen MR) is 141 cm³/mol. The van der Waals surface area contributed by atoms with Crippen molar-refractivity contribution in [2.45, 2.75) is 18.9 Å². The Balaban J connectivity index is 1.81. The van der Waals surface area contributed by atoms with Crippen LogP contribution in [0.25, 0.3) is 16.6 Å². The lowest BCUT2D eigenvalue weighted by atomic mass is 10.1. The molecule has 1 aliphatic carbocycles. The molecule has 4 aromatic rings. The number of primary amides is 1. The molecular formula is C24H19Cl2N9O2. The largest absolute Gasteiger partial charge is 0.382 e. The van der Waals surface area contributed by atoms with Crippen molar-refractivity contribution >= 4 is 57.6 Å². The van der Waals surface area contributed by atoms with Gasteiger partial charge in [0.05, 0.1) is 32.7 Å². The molecule has 0 saturated heterocycles. The van der Waals surface area contributed by atoms with Gasteiger partial charge < -0.3 is 22.5 Å². The van der Waals surface area contributed by atoms with Gasteiger partial charge >= 0.3 is 0 Å². The van der Waals surface area contributed by atoms with Crippen LogP contribution in [0.15, 0.2) is 41.2 Å². The third-order valence-electron chi connectivity index (χ3n) is 6.07. The highest BCUT2D eigenvalue weighted by Gasteiger charge is 2.37. The van der Waals surface area contributed by atoms with Gasteiger partial charge in [0.25, 0.3) is 5.56 Å². The molecule has 1 fully saturated rings. The summed E-state index contributed by atoms with van der Waals surface area (Å²) >= 11 is 12.8. The number of nitrogens with zero attached hydrogens (tertiary/aromatic N) is 5. The predicted octanol–water partition coefficient (Wildman–Crippen LogP) is 3.18. The van der Waals surface area contributed by atoms with E-state index in [1.54, 1.807) is 18.2 Å². The molecule has 13 heteroatoms. The number of carbonyl (C=O) groups excluding carboxylic acids is 1. The van der Waals surface area contributed by atoms with Gasteiger partial charge in [-0.2, -0.15) is 15.2 Å². The first-order valence-corrected chi connectivity index (χ1v) is 11.9. The van der Waals surface area contributed by atoms with Crippen molar-refractivity contribution in [2.75, 3.05) is 16.8 Å². The number of aromatic nitrogens is 4. The summed E-state index contributed by atoms with van der Waals surface area (Å²) in [5, 5.41) is 13.4. The number of anilines is 3. The standard InChI is InChI=1S/C24H19Cl2N9O2/c25-14-6-7-15(26)18-16(14)23(37)35(12-3-1-2-11(8-12)20(29)36)22(32-18)17(10-4-5-10)31-21-13(9-27)19(28)33-24(30)34-21/h1-3,6-8,10,17H,4-5H2,(H2,29,36)(H5,28,30,31,33,34). The molecule has 37 heavy (non-hydrogen) atoms. The van der Waals surface area contributed by atoms with Crippen LogP contribution in [0.2, 0.25) is 10.0 Å². The van der Waals surface area contributed by atoms with E-state index in [0.717, 1.165) is 12.8 Å². The van der Waals surface area contributed by atoms with Crippen molar-refractivity contribution < 1.29 is 4.79 Å². The molecule has 2 heterocycles. The van der Waals surface area contributed by atoms with Gasteiger partial charge in [-0.15, -0.1) is 0 Å². The van der Waals surface area contributed by atoms with E-state index < -0.39 is 17.5 Å². The molecule has 5 rings (SSSR count). The molecular weight excluding hydrogens is 517 g/mol. The number of nitrogens with one attached hydrogen (secondary N) is 1. The van der Waals surface area contributed by atoms with Crippen LogP contribution in [-0.4, -0.2) is 25.4 Å². The second-order valence-corrected chi connectivity index (χ2v) is 9.35. The lowest BCUT2D eigenvalue weighted by molar-refractivity contribution is 0.1000. The summed E-state index contributed by atoms with van der Waals surface area (Å²) in [6.07, 6.45) is 1.63. The summed E-state index contributed by atoms with van der Waals surface area (Å²) in [6.45, 7) is 0. The van der Waals surface area contributed by atoms with E-state index in [4.69, 9.17) is 45.4 Å². The van der Waals surface area contributed by atoms with Crippen LogP contribution in [0.5, 0.6) is 0 Å². The summed E-state index contributed by atoms with van der Waals surface area (Å²) in [5.41, 5.74) is 17.4. The maximum Gasteiger partial charge on any atom is 0.267 e. The van der Waals surface area contributed by atoms with Crippen LogP contribution >= 0.6 is 23.2 Å². The van der Waals surface area contributed by atoms with Crippen LogP contribution in [0.1, 0.15) is 40.6 Å². The lowest BCUT2D eigenvalue weighted by Gasteiger charge is -2.24. The molecule has 11 nitrogen and oxygen atoms in total. The van der Waals surface area contributed by atoms with Crippen LogP contribution in [0.4, 0.5) is 17.6 Å². The number of halogens is 2. The highest BCUT2D eigenvalue weighted by Crippen LogP contribution is 2.43. The number of amides is 1. The Morgan fingerprint density at radius 1 is 1.14 bits per heavy atom. The quantitative estimate of drug-likeness (QED) is 0.286. The van der Waals surface area contributed by atoms with Crippen LogP contribution < -0.4 is 28.1 Å². The number of carbonyl (C=O) groups is 1. The molecule has 1 amide bonds. The second-order valence-electron chi connectivity index (χ2n) is 8.54. The van der Waals surface area contributed by atoms with E-state index in [1.165, 1.54) is 22.8 Å². The summed E-state index contributed by atoms with van der Waals surface area (Å²) < 4.78 is 1.35. The molecule has 1 atom stereocenters. The molecule has 2 aromatic carbocycles. The Morgan fingerprint density at radius 2 is 1.86 bits per heavy atom. The van der Waals surface area contributed by atoms with Crippen molar-refractivity contribution in [1.82, 2.24) is 19.5 Å². The summed E-state index contributed by atoms with van der Waals surface area (Å²) in [4.78, 5) is 38.6. The van der Waals surface area contributed by atoms with Crippen molar-refractivity contribution in [3.8, 4) is 11.8 Å². The van der Waals surface area contributed by atoms with E-state index in [9.17, 15) is 14.9 Å². The zero-order valence-electron chi connectivity index (χ0n) is 19.1. The molecule has 1 aliphatic rings. The average molecular weight is 536 g/mol. The SMILES string of the molecule is N#Cc1c(N)nc(N)nc1NC(c1nc2c(Cl)ccc(Cl)c2c(=O)n1-c1cccc(C(N)=O)c1)C1CC1. The second kappa shape index (κ2) is 9.24. The number of fused-ring (bicyclic) bond motifs is 1. The fraction of sp³-hybridized carbons (Fsp3) is 0.167. The first-order chi connectivity index (χ1) is 17.7. The molecule has 1 unspecified atom stereocenters. The van der Waals surface area contributed by atoms with Gasteiger partial charge in [-0.25, -0.2) is 4.98 Å². The summed E-state index contributed by atoms with van der Waals surface area (Å²) in [5.74, 6) is -0.467. The minimum Gasteiger partial charge on any atom is -0.382 e. The topological polar surface area (TPSA) is 192 Å². The minimum absolute atomic E-state index is 0.00587. The van der Waals surface area contributed by atoms with E-state index >= 15 is 0 Å². The van der Waals surface area contributed by atoms with E-state index in [1.807, 2.05) is 6.07 Å². The van der Waals surface area contributed by atoms with E-state index in [2.05, 4.69) is 15.3 Å². The number of hydrogen-bond donors (Lipinski definition) is 4. The highest BCUT2D eigenvalue weighted by molar-refractivity contribution is 6.39. The first kappa shape index (κ1) is 24.3. The number of nitrogen functional groups attached to an aromatic ring is 2. The van der Waals surface area contributed by atoms with Gasteiger partial charge in [0, 0.05) is 5.56 Å². The Labute approximate surface area is 219 Å². The van der Waals surface area contributed by atoms with Gasteiger partial charge in [0.15, 0.2) is 5.82 Å². The van der Waals surface area contributed by atoms with Gasteiger partial charge in [0.2, 0.25) is 11.9 Å². The molecule has 1 saturated carbocycles. The number of nitriles is 1. The number of rotatable bonds is 6. The van der Waals surface area contributed by atoms with E-state index in [0.29, 0.717) is 5.69 Å². The number of benzene rings is 2. The summed E-state index contributed by atoms with van der Waals surface area (Å²) in [7, 11) is 0. The molecule has 0 radical (unpaired) electrons. The van der Waals surface area contributed by atoms with Gasteiger partial charge in [-0.1, -0.05) is 29.3 Å². The monoisotopic (exact) mass is 535 g/mol. The Kier molecular flexibility index (Phi) is 6.07. The van der Waals surface area contributed by atoms with Crippen LogP contribution in [0, 0.1) is 17.2 Å². The molecule has 0 bridgehead atoms. The fourth-order valence-corrected chi connectivity index (χ4v) is 4.60. The Bertz CT molecular complexity index is 1690. The third kappa shape index (κ3) is 4.37. The molecule has 0 aliphatic heterocycles. The highest BCUT2D eigenvalue weighted by atomic mass is 35.5. The first-order valence-electron chi connectivity index (χ1n) is 11.1.